The van der Waals surface area contributed by atoms with E-state index in [0.29, 0.717) is 0 Å². The summed E-state index contributed by atoms with van der Waals surface area (Å²) in [5.74, 6) is -0.666. The average Bonchev–Trinajstić information content (AvgIpc) is 2.27. The molecule has 0 unspecified atom stereocenters. The first-order valence-corrected chi connectivity index (χ1v) is 4.96. The molecular formula is C10H13N3O4. The maximum Gasteiger partial charge on any atom is 0.406 e. The van der Waals surface area contributed by atoms with Crippen molar-refractivity contribution in [2.75, 3.05) is 20.7 Å². The zero-order chi connectivity index (χ0) is 13.0. The lowest BCUT2D eigenvalue weighted by atomic mass is 10.2. The second-order valence-electron chi connectivity index (χ2n) is 3.44. The summed E-state index contributed by atoms with van der Waals surface area (Å²) >= 11 is 0. The van der Waals surface area contributed by atoms with Gasteiger partial charge in [0.25, 0.3) is 5.91 Å². The molecule has 7 nitrogen and oxygen atoms in total. The van der Waals surface area contributed by atoms with Crippen molar-refractivity contribution >= 4 is 11.7 Å². The molecule has 0 saturated heterocycles. The molecule has 0 saturated carbocycles. The lowest BCUT2D eigenvalue weighted by molar-refractivity contribution is -0.390. The molecule has 0 bridgehead atoms. The Labute approximate surface area is 98.2 Å². The molecule has 1 amide bonds. The average molecular weight is 239 g/mol. The van der Waals surface area contributed by atoms with Crippen LogP contribution in [0.5, 0.6) is 5.75 Å². The number of hydrogen-bond acceptors (Lipinski definition) is 5. The highest BCUT2D eigenvalue weighted by Crippen LogP contribution is 2.25. The van der Waals surface area contributed by atoms with E-state index >= 15 is 0 Å². The molecule has 0 aromatic carbocycles. The molecule has 0 aliphatic carbocycles. The minimum Gasteiger partial charge on any atom is -0.486 e. The number of aromatic nitrogens is 1. The van der Waals surface area contributed by atoms with Gasteiger partial charge in [0.2, 0.25) is 5.75 Å². The number of carbonyl (C=O) groups is 1. The van der Waals surface area contributed by atoms with Gasteiger partial charge in [0.15, 0.2) is 6.20 Å². The Kier molecular flexibility index (Phi) is 3.97. The lowest BCUT2D eigenvalue weighted by Gasteiger charge is -2.10. The molecule has 0 radical (unpaired) electrons. The molecule has 7 heteroatoms. The van der Waals surface area contributed by atoms with Crippen molar-refractivity contribution in [2.45, 2.75) is 6.92 Å². The van der Waals surface area contributed by atoms with Crippen LogP contribution in [0, 0.1) is 10.1 Å². The van der Waals surface area contributed by atoms with Gasteiger partial charge in [0, 0.05) is 20.2 Å². The van der Waals surface area contributed by atoms with Crippen molar-refractivity contribution in [3.8, 4) is 5.75 Å². The molecule has 1 aromatic heterocycles. The number of pyridine rings is 1. The van der Waals surface area contributed by atoms with E-state index in [-0.39, 0.29) is 29.6 Å². The Bertz CT molecular complexity index is 445. The largest absolute Gasteiger partial charge is 0.486 e. The van der Waals surface area contributed by atoms with E-state index in [2.05, 4.69) is 4.98 Å². The van der Waals surface area contributed by atoms with Gasteiger partial charge in [-0.05, 0) is 16.8 Å². The number of amides is 1. The van der Waals surface area contributed by atoms with E-state index in [4.69, 9.17) is 4.74 Å². The summed E-state index contributed by atoms with van der Waals surface area (Å²) < 4.78 is 5.09. The lowest BCUT2D eigenvalue weighted by Crippen LogP contribution is -2.22. The number of hydrogen-bond donors (Lipinski definition) is 0. The van der Waals surface area contributed by atoms with E-state index in [9.17, 15) is 14.9 Å². The molecule has 0 aliphatic heterocycles. The topological polar surface area (TPSA) is 85.6 Å². The maximum absolute atomic E-state index is 11.6. The predicted molar refractivity (Wildman–Crippen MR) is 60.1 cm³/mol. The Balaban J connectivity index is 3.18. The van der Waals surface area contributed by atoms with Crippen molar-refractivity contribution in [1.82, 2.24) is 9.88 Å². The third-order valence-electron chi connectivity index (χ3n) is 1.96. The van der Waals surface area contributed by atoms with Gasteiger partial charge in [-0.15, -0.1) is 0 Å². The van der Waals surface area contributed by atoms with E-state index in [1.54, 1.807) is 21.0 Å². The zero-order valence-electron chi connectivity index (χ0n) is 9.84. The Hall–Kier alpha value is -2.18. The number of rotatable bonds is 4. The fraction of sp³-hybridized carbons (Fsp3) is 0.400. The molecule has 0 aliphatic rings. The van der Waals surface area contributed by atoms with E-state index in [1.807, 2.05) is 0 Å². The van der Waals surface area contributed by atoms with Gasteiger partial charge in [-0.1, -0.05) is 0 Å². The SMILES string of the molecule is CCOc1cc(C(=O)N(C)C)cnc1[N+](=O)[O-]. The van der Waals surface area contributed by atoms with Crippen LogP contribution in [0.25, 0.3) is 0 Å². The van der Waals surface area contributed by atoms with Crippen LogP contribution in [-0.2, 0) is 0 Å². The van der Waals surface area contributed by atoms with Crippen molar-refractivity contribution in [2.24, 2.45) is 0 Å². The first-order valence-electron chi connectivity index (χ1n) is 4.96. The molecule has 92 valence electrons. The fourth-order valence-electron chi connectivity index (χ4n) is 1.21. The summed E-state index contributed by atoms with van der Waals surface area (Å²) in [6.45, 7) is 1.96. The predicted octanol–water partition coefficient (Wildman–Crippen LogP) is 1.09. The van der Waals surface area contributed by atoms with Crippen molar-refractivity contribution in [3.63, 3.8) is 0 Å². The highest BCUT2D eigenvalue weighted by Gasteiger charge is 2.21. The molecule has 1 aromatic rings. The second kappa shape index (κ2) is 5.24. The summed E-state index contributed by atoms with van der Waals surface area (Å²) in [7, 11) is 3.17. The summed E-state index contributed by atoms with van der Waals surface area (Å²) in [4.78, 5) is 26.7. The molecule has 0 atom stereocenters. The minimum atomic E-state index is -0.644. The highest BCUT2D eigenvalue weighted by atomic mass is 16.6. The van der Waals surface area contributed by atoms with Crippen LogP contribution in [0.15, 0.2) is 12.3 Å². The van der Waals surface area contributed by atoms with Crippen molar-refractivity contribution in [3.05, 3.63) is 27.9 Å². The summed E-state index contributed by atoms with van der Waals surface area (Å²) in [5, 5.41) is 10.7. The van der Waals surface area contributed by atoms with Crippen LogP contribution in [0.1, 0.15) is 17.3 Å². The van der Waals surface area contributed by atoms with Gasteiger partial charge in [-0.2, -0.15) is 0 Å². The third-order valence-corrected chi connectivity index (χ3v) is 1.96. The summed E-state index contributed by atoms with van der Waals surface area (Å²) in [5.41, 5.74) is 0.254. The first kappa shape index (κ1) is 12.9. The van der Waals surface area contributed by atoms with Gasteiger partial charge in [-0.3, -0.25) is 4.79 Å². The monoisotopic (exact) mass is 239 g/mol. The van der Waals surface area contributed by atoms with Gasteiger partial charge >= 0.3 is 5.82 Å². The van der Waals surface area contributed by atoms with Gasteiger partial charge in [0.05, 0.1) is 12.2 Å². The minimum absolute atomic E-state index is 0.00481. The normalized spacial score (nSPS) is 9.82. The maximum atomic E-state index is 11.6. The van der Waals surface area contributed by atoms with Crippen LogP contribution in [0.4, 0.5) is 5.82 Å². The van der Waals surface area contributed by atoms with Gasteiger partial charge < -0.3 is 19.8 Å². The zero-order valence-corrected chi connectivity index (χ0v) is 9.84. The van der Waals surface area contributed by atoms with Gasteiger partial charge in [0.1, 0.15) is 0 Å². The first-order chi connectivity index (χ1) is 7.97. The van der Waals surface area contributed by atoms with Crippen LogP contribution in [0.2, 0.25) is 0 Å². The molecule has 0 spiro atoms. The van der Waals surface area contributed by atoms with Crippen LogP contribution >= 0.6 is 0 Å². The Morgan fingerprint density at radius 1 is 1.59 bits per heavy atom. The Morgan fingerprint density at radius 2 is 2.24 bits per heavy atom. The standard InChI is InChI=1S/C10H13N3O4/c1-4-17-8-5-7(10(14)12(2)3)6-11-9(8)13(15)16/h5-6H,4H2,1-3H3. The van der Waals surface area contributed by atoms with Gasteiger partial charge in [-0.25, -0.2) is 0 Å². The molecule has 0 fully saturated rings. The molecule has 0 N–H and O–H groups in total. The third kappa shape index (κ3) is 2.90. The number of ether oxygens (including phenoxy) is 1. The summed E-state index contributed by atoms with van der Waals surface area (Å²) in [6, 6.07) is 1.33. The van der Waals surface area contributed by atoms with E-state index in [1.165, 1.54) is 17.2 Å². The number of nitro groups is 1. The highest BCUT2D eigenvalue weighted by molar-refractivity contribution is 5.94. The number of nitrogens with zero attached hydrogens (tertiary/aromatic N) is 3. The molecule has 17 heavy (non-hydrogen) atoms. The van der Waals surface area contributed by atoms with E-state index in [0.717, 1.165) is 0 Å². The quantitative estimate of drug-likeness (QED) is 0.580. The van der Waals surface area contributed by atoms with E-state index < -0.39 is 4.92 Å². The summed E-state index contributed by atoms with van der Waals surface area (Å²) in [6.07, 6.45) is 1.17. The van der Waals surface area contributed by atoms with Crippen LogP contribution in [-0.4, -0.2) is 41.4 Å². The fourth-order valence-corrected chi connectivity index (χ4v) is 1.21. The smallest absolute Gasteiger partial charge is 0.406 e. The van der Waals surface area contributed by atoms with Crippen LogP contribution < -0.4 is 4.74 Å². The van der Waals surface area contributed by atoms with Crippen LogP contribution in [0.3, 0.4) is 0 Å². The second-order valence-corrected chi connectivity index (χ2v) is 3.44. The van der Waals surface area contributed by atoms with Crippen molar-refractivity contribution in [1.29, 1.82) is 0 Å². The number of carbonyl (C=O) groups excluding carboxylic acids is 1. The molecule has 1 rings (SSSR count). The molecular weight excluding hydrogens is 226 g/mol. The van der Waals surface area contributed by atoms with Crippen molar-refractivity contribution < 1.29 is 14.5 Å². The Morgan fingerprint density at radius 3 is 2.71 bits per heavy atom. The molecule has 1 heterocycles.